The molecule has 2 atom stereocenters. The average molecular weight is 377 g/mol. The number of aromatic nitrogens is 1. The molecule has 1 fully saturated rings. The van der Waals surface area contributed by atoms with Crippen LogP contribution in [0.1, 0.15) is 42.5 Å². The molecular weight excluding hydrogens is 353 g/mol. The Morgan fingerprint density at radius 3 is 2.86 bits per heavy atom. The van der Waals surface area contributed by atoms with E-state index in [4.69, 9.17) is 0 Å². The normalized spacial score (nSPS) is 23.4. The summed E-state index contributed by atoms with van der Waals surface area (Å²) in [5, 5.41) is 0. The molecule has 5 rings (SSSR count). The van der Waals surface area contributed by atoms with E-state index in [1.165, 1.54) is 17.2 Å². The zero-order valence-electron chi connectivity index (χ0n) is 16.1. The van der Waals surface area contributed by atoms with Crippen molar-refractivity contribution in [1.82, 2.24) is 9.88 Å². The molecule has 0 radical (unpaired) electrons. The predicted molar refractivity (Wildman–Crippen MR) is 108 cm³/mol. The molecule has 3 aliphatic rings. The summed E-state index contributed by atoms with van der Waals surface area (Å²) in [7, 11) is 0. The summed E-state index contributed by atoms with van der Waals surface area (Å²) in [6.45, 7) is 2.63. The third kappa shape index (κ3) is 2.81. The second-order valence-corrected chi connectivity index (χ2v) is 8.04. The average Bonchev–Trinajstić information content (AvgIpc) is 2.96. The van der Waals surface area contributed by atoms with Crippen molar-refractivity contribution < 1.29 is 9.18 Å². The highest BCUT2D eigenvalue weighted by Gasteiger charge is 2.42. The molecule has 2 bridgehead atoms. The van der Waals surface area contributed by atoms with Crippen LogP contribution in [-0.4, -0.2) is 34.5 Å². The fourth-order valence-corrected chi connectivity index (χ4v) is 5.07. The summed E-state index contributed by atoms with van der Waals surface area (Å²) in [5.41, 5.74) is 5.24. The Labute approximate surface area is 164 Å². The van der Waals surface area contributed by atoms with Crippen molar-refractivity contribution in [2.24, 2.45) is 0 Å². The fourth-order valence-electron chi connectivity index (χ4n) is 5.07. The van der Waals surface area contributed by atoms with Crippen LogP contribution in [0.3, 0.4) is 0 Å². The van der Waals surface area contributed by atoms with Gasteiger partial charge in [0.25, 0.3) is 0 Å². The minimum absolute atomic E-state index is 0.111. The van der Waals surface area contributed by atoms with Crippen molar-refractivity contribution in [3.05, 3.63) is 65.2 Å². The first-order valence-corrected chi connectivity index (χ1v) is 10.1. The number of halogens is 1. The van der Waals surface area contributed by atoms with E-state index < -0.39 is 5.95 Å². The Morgan fingerprint density at radius 2 is 2.04 bits per heavy atom. The number of carbonyl (C=O) groups excluding carboxylic acids is 1. The number of hydrogen-bond donors (Lipinski definition) is 0. The van der Waals surface area contributed by atoms with E-state index in [1.54, 1.807) is 0 Å². The predicted octanol–water partition coefficient (Wildman–Crippen LogP) is 4.72. The standard InChI is InChI=1S/C23H24FN3O/c1-15-20(10-11-22(24)25-15)17-13-18-8-9-19(14-17)27(18)23(28)26-12-4-6-16-5-2-3-7-21(16)26/h2-3,5,7,10-11,13,18-19H,4,6,8-9,12,14H2,1H3. The number of amides is 2. The number of nitrogens with zero attached hydrogens (tertiary/aromatic N) is 3. The molecule has 0 spiro atoms. The molecule has 28 heavy (non-hydrogen) atoms. The number of anilines is 1. The maximum atomic E-state index is 13.5. The highest BCUT2D eigenvalue weighted by molar-refractivity contribution is 5.94. The number of carbonyl (C=O) groups is 1. The van der Waals surface area contributed by atoms with Gasteiger partial charge in [0, 0.05) is 24.0 Å². The van der Waals surface area contributed by atoms with Crippen LogP contribution in [0.2, 0.25) is 0 Å². The molecule has 4 heterocycles. The lowest BCUT2D eigenvalue weighted by Crippen LogP contribution is -2.51. The van der Waals surface area contributed by atoms with Gasteiger partial charge in [-0.05, 0) is 73.9 Å². The van der Waals surface area contributed by atoms with Crippen molar-refractivity contribution in [2.75, 3.05) is 11.4 Å². The Bertz CT molecular complexity index is 970. The van der Waals surface area contributed by atoms with Crippen LogP contribution in [0.15, 0.2) is 42.5 Å². The Hall–Kier alpha value is -2.69. The number of urea groups is 1. The Morgan fingerprint density at radius 1 is 1.18 bits per heavy atom. The number of rotatable bonds is 1. The first-order chi connectivity index (χ1) is 13.6. The lowest BCUT2D eigenvalue weighted by atomic mass is 9.94. The maximum Gasteiger partial charge on any atom is 0.325 e. The third-order valence-electron chi connectivity index (χ3n) is 6.36. The lowest BCUT2D eigenvalue weighted by Gasteiger charge is -2.39. The monoisotopic (exact) mass is 377 g/mol. The van der Waals surface area contributed by atoms with Gasteiger partial charge in [-0.25, -0.2) is 9.78 Å². The molecule has 4 nitrogen and oxygen atoms in total. The van der Waals surface area contributed by atoms with Crippen LogP contribution in [0, 0.1) is 12.9 Å². The van der Waals surface area contributed by atoms with Gasteiger partial charge in [0.2, 0.25) is 5.95 Å². The summed E-state index contributed by atoms with van der Waals surface area (Å²) in [5.74, 6) is -0.443. The van der Waals surface area contributed by atoms with Gasteiger partial charge in [-0.2, -0.15) is 4.39 Å². The number of fused-ring (bicyclic) bond motifs is 3. The van der Waals surface area contributed by atoms with Crippen LogP contribution < -0.4 is 4.90 Å². The largest absolute Gasteiger partial charge is 0.325 e. The van der Waals surface area contributed by atoms with E-state index in [1.807, 2.05) is 30.0 Å². The van der Waals surface area contributed by atoms with Gasteiger partial charge in [0.15, 0.2) is 0 Å². The maximum absolute atomic E-state index is 13.5. The molecule has 2 amide bonds. The van der Waals surface area contributed by atoms with E-state index >= 15 is 0 Å². The first-order valence-electron chi connectivity index (χ1n) is 10.1. The molecule has 2 unspecified atom stereocenters. The van der Waals surface area contributed by atoms with Crippen molar-refractivity contribution in [3.63, 3.8) is 0 Å². The van der Waals surface area contributed by atoms with E-state index in [-0.39, 0.29) is 18.1 Å². The molecule has 0 N–H and O–H groups in total. The second kappa shape index (κ2) is 6.73. The molecule has 1 aromatic carbocycles. The lowest BCUT2D eigenvalue weighted by molar-refractivity contribution is 0.186. The van der Waals surface area contributed by atoms with Crippen LogP contribution in [0.25, 0.3) is 5.57 Å². The van der Waals surface area contributed by atoms with Gasteiger partial charge < -0.3 is 4.90 Å². The number of hydrogen-bond acceptors (Lipinski definition) is 2. The van der Waals surface area contributed by atoms with Crippen molar-refractivity contribution >= 4 is 17.3 Å². The highest BCUT2D eigenvalue weighted by Crippen LogP contribution is 2.40. The number of benzene rings is 1. The molecule has 0 saturated carbocycles. The Balaban J connectivity index is 1.44. The molecule has 1 saturated heterocycles. The topological polar surface area (TPSA) is 36.4 Å². The van der Waals surface area contributed by atoms with Crippen molar-refractivity contribution in [3.8, 4) is 0 Å². The highest BCUT2D eigenvalue weighted by atomic mass is 19.1. The molecular formula is C23H24FN3O. The summed E-state index contributed by atoms with van der Waals surface area (Å²) in [4.78, 5) is 21.5. The van der Waals surface area contributed by atoms with E-state index in [0.29, 0.717) is 0 Å². The van der Waals surface area contributed by atoms with Gasteiger partial charge in [-0.15, -0.1) is 0 Å². The molecule has 2 aromatic rings. The minimum Gasteiger partial charge on any atom is -0.315 e. The molecule has 144 valence electrons. The summed E-state index contributed by atoms with van der Waals surface area (Å²) >= 11 is 0. The third-order valence-corrected chi connectivity index (χ3v) is 6.36. The van der Waals surface area contributed by atoms with Crippen LogP contribution in [-0.2, 0) is 6.42 Å². The van der Waals surface area contributed by atoms with Crippen molar-refractivity contribution in [2.45, 2.75) is 51.1 Å². The van der Waals surface area contributed by atoms with Gasteiger partial charge in [-0.1, -0.05) is 24.3 Å². The molecule has 3 aliphatic heterocycles. The Kier molecular flexibility index (Phi) is 4.18. The second-order valence-electron chi connectivity index (χ2n) is 8.04. The van der Waals surface area contributed by atoms with Crippen LogP contribution >= 0.6 is 0 Å². The summed E-state index contributed by atoms with van der Waals surface area (Å²) in [6, 6.07) is 11.9. The number of para-hydroxylation sites is 1. The van der Waals surface area contributed by atoms with Crippen molar-refractivity contribution in [1.29, 1.82) is 0 Å². The minimum atomic E-state index is -0.443. The van der Waals surface area contributed by atoms with Crippen LogP contribution in [0.4, 0.5) is 14.9 Å². The number of aryl methyl sites for hydroxylation is 2. The zero-order chi connectivity index (χ0) is 19.3. The fraction of sp³-hybridized carbons (Fsp3) is 0.391. The van der Waals surface area contributed by atoms with Crippen LogP contribution in [0.5, 0.6) is 0 Å². The summed E-state index contributed by atoms with van der Waals surface area (Å²) in [6.07, 6.45) is 7.06. The smallest absolute Gasteiger partial charge is 0.315 e. The van der Waals surface area contributed by atoms with Gasteiger partial charge >= 0.3 is 6.03 Å². The zero-order valence-corrected chi connectivity index (χ0v) is 16.1. The van der Waals surface area contributed by atoms with E-state index in [2.05, 4.69) is 28.1 Å². The van der Waals surface area contributed by atoms with E-state index in [0.717, 1.165) is 55.6 Å². The SMILES string of the molecule is Cc1nc(F)ccc1C1=CC2CCC(C1)N2C(=O)N1CCCc2ccccc21. The molecule has 0 aliphatic carbocycles. The first kappa shape index (κ1) is 17.4. The molecule has 5 heteroatoms. The number of pyridine rings is 1. The van der Waals surface area contributed by atoms with E-state index in [9.17, 15) is 9.18 Å². The van der Waals surface area contributed by atoms with Gasteiger partial charge in [0.05, 0.1) is 6.04 Å². The quantitative estimate of drug-likeness (QED) is 0.674. The van der Waals surface area contributed by atoms with Gasteiger partial charge in [-0.3, -0.25) is 4.90 Å². The van der Waals surface area contributed by atoms with Gasteiger partial charge in [0.1, 0.15) is 0 Å². The summed E-state index contributed by atoms with van der Waals surface area (Å²) < 4.78 is 13.4. The molecule has 1 aromatic heterocycles.